The SMILES string of the molecule is C[C@@H]1C[C@H]([C@H](C)NP)OC1=O. The zero-order chi connectivity index (χ0) is 8.43. The first kappa shape index (κ1) is 8.95. The molecule has 3 nitrogen and oxygen atoms in total. The fourth-order valence-electron chi connectivity index (χ4n) is 1.17. The molecule has 1 rings (SSSR count). The second kappa shape index (κ2) is 3.51. The van der Waals surface area contributed by atoms with Crippen molar-refractivity contribution in [2.45, 2.75) is 32.4 Å². The number of esters is 1. The third-order valence-electron chi connectivity index (χ3n) is 2.08. The monoisotopic (exact) mass is 175 g/mol. The standard InChI is InChI=1S/C7H14NO2P/c1-4-3-6(5(2)8-11)10-7(4)9/h4-6,8H,3,11H2,1-2H3/t4-,5+,6-/m1/s1. The Morgan fingerprint density at radius 3 is 2.82 bits per heavy atom. The summed E-state index contributed by atoms with van der Waals surface area (Å²) < 4.78 is 5.11. The van der Waals surface area contributed by atoms with Gasteiger partial charge in [0.25, 0.3) is 0 Å². The van der Waals surface area contributed by atoms with Crippen LogP contribution in [0, 0.1) is 5.92 Å². The van der Waals surface area contributed by atoms with Gasteiger partial charge in [0.2, 0.25) is 0 Å². The molecule has 4 heteroatoms. The van der Waals surface area contributed by atoms with Gasteiger partial charge in [-0.05, 0) is 13.3 Å². The zero-order valence-corrected chi connectivity index (χ0v) is 7.99. The Morgan fingerprint density at radius 2 is 2.45 bits per heavy atom. The highest BCUT2D eigenvalue weighted by molar-refractivity contribution is 7.13. The predicted molar refractivity (Wildman–Crippen MR) is 46.0 cm³/mol. The molecule has 4 atom stereocenters. The minimum absolute atomic E-state index is 0.0509. The van der Waals surface area contributed by atoms with E-state index in [9.17, 15) is 4.79 Å². The van der Waals surface area contributed by atoms with E-state index in [1.807, 2.05) is 13.8 Å². The third-order valence-corrected chi connectivity index (χ3v) is 2.60. The summed E-state index contributed by atoms with van der Waals surface area (Å²) in [5, 5.41) is 2.99. The molecule has 11 heavy (non-hydrogen) atoms. The van der Waals surface area contributed by atoms with Gasteiger partial charge in [0.1, 0.15) is 6.10 Å². The van der Waals surface area contributed by atoms with Crippen LogP contribution in [-0.2, 0) is 9.53 Å². The Morgan fingerprint density at radius 1 is 1.82 bits per heavy atom. The number of carbonyl (C=O) groups excluding carboxylic acids is 1. The molecule has 0 aromatic rings. The molecule has 0 amide bonds. The topological polar surface area (TPSA) is 38.3 Å². The summed E-state index contributed by atoms with van der Waals surface area (Å²) in [4.78, 5) is 10.9. The summed E-state index contributed by atoms with van der Waals surface area (Å²) in [7, 11) is 2.43. The van der Waals surface area contributed by atoms with Crippen LogP contribution in [0.5, 0.6) is 0 Å². The second-order valence-electron chi connectivity index (χ2n) is 3.07. The highest BCUT2D eigenvalue weighted by atomic mass is 31.0. The van der Waals surface area contributed by atoms with Gasteiger partial charge in [-0.1, -0.05) is 16.3 Å². The average Bonchev–Trinajstić information content (AvgIpc) is 2.31. The quantitative estimate of drug-likeness (QED) is 0.496. The molecule has 64 valence electrons. The van der Waals surface area contributed by atoms with Crippen LogP contribution in [0.2, 0.25) is 0 Å². The maximum atomic E-state index is 10.9. The second-order valence-corrected chi connectivity index (χ2v) is 3.40. The molecular weight excluding hydrogens is 161 g/mol. The smallest absolute Gasteiger partial charge is 0.309 e. The molecule has 1 unspecified atom stereocenters. The van der Waals surface area contributed by atoms with Crippen LogP contribution < -0.4 is 5.09 Å². The van der Waals surface area contributed by atoms with E-state index in [1.165, 1.54) is 0 Å². The molecule has 1 heterocycles. The number of carbonyl (C=O) groups is 1. The molecule has 0 aromatic carbocycles. The Kier molecular flexibility index (Phi) is 2.85. The van der Waals surface area contributed by atoms with Gasteiger partial charge >= 0.3 is 5.97 Å². The van der Waals surface area contributed by atoms with E-state index in [0.717, 1.165) is 6.42 Å². The highest BCUT2D eigenvalue weighted by Crippen LogP contribution is 2.22. The normalized spacial score (nSPS) is 33.5. The van der Waals surface area contributed by atoms with Crippen molar-refractivity contribution in [1.29, 1.82) is 0 Å². The van der Waals surface area contributed by atoms with E-state index in [0.29, 0.717) is 0 Å². The van der Waals surface area contributed by atoms with Crippen LogP contribution in [0.4, 0.5) is 0 Å². The lowest BCUT2D eigenvalue weighted by Crippen LogP contribution is -2.31. The van der Waals surface area contributed by atoms with Gasteiger partial charge in [-0.25, -0.2) is 0 Å². The zero-order valence-electron chi connectivity index (χ0n) is 6.83. The predicted octanol–water partition coefficient (Wildman–Crippen LogP) is 0.706. The van der Waals surface area contributed by atoms with Gasteiger partial charge in [0.05, 0.1) is 5.92 Å². The number of nitrogens with one attached hydrogen (secondary N) is 1. The van der Waals surface area contributed by atoms with Crippen molar-refractivity contribution >= 4 is 15.4 Å². The van der Waals surface area contributed by atoms with Crippen LogP contribution in [-0.4, -0.2) is 18.1 Å². The lowest BCUT2D eigenvalue weighted by Gasteiger charge is -2.16. The minimum atomic E-state index is -0.0675. The number of hydrogen-bond acceptors (Lipinski definition) is 3. The lowest BCUT2D eigenvalue weighted by atomic mass is 10.0. The van der Waals surface area contributed by atoms with E-state index in [-0.39, 0.29) is 24.0 Å². The van der Waals surface area contributed by atoms with E-state index in [4.69, 9.17) is 4.74 Å². The largest absolute Gasteiger partial charge is 0.460 e. The molecule has 0 aliphatic carbocycles. The van der Waals surface area contributed by atoms with Gasteiger partial charge < -0.3 is 4.74 Å². The first-order valence-corrected chi connectivity index (χ1v) is 4.39. The van der Waals surface area contributed by atoms with Crippen molar-refractivity contribution in [2.75, 3.05) is 0 Å². The molecule has 0 saturated carbocycles. The number of rotatable bonds is 2. The van der Waals surface area contributed by atoms with Crippen molar-refractivity contribution < 1.29 is 9.53 Å². The third kappa shape index (κ3) is 1.91. The van der Waals surface area contributed by atoms with Gasteiger partial charge in [0.15, 0.2) is 0 Å². The molecule has 1 fully saturated rings. The molecule has 1 aliphatic heterocycles. The van der Waals surface area contributed by atoms with Crippen LogP contribution in [0.15, 0.2) is 0 Å². The summed E-state index contributed by atoms with van der Waals surface area (Å²) in [5.41, 5.74) is 0. The van der Waals surface area contributed by atoms with E-state index >= 15 is 0 Å². The Bertz CT molecular complexity index is 163. The molecule has 1 aliphatic rings. The van der Waals surface area contributed by atoms with Crippen LogP contribution in [0.25, 0.3) is 0 Å². The maximum absolute atomic E-state index is 10.9. The van der Waals surface area contributed by atoms with Gasteiger partial charge in [-0.3, -0.25) is 9.88 Å². The molecule has 0 bridgehead atoms. The fourth-order valence-corrected chi connectivity index (χ4v) is 1.39. The molecule has 1 N–H and O–H groups in total. The van der Waals surface area contributed by atoms with E-state index in [2.05, 4.69) is 14.5 Å². The maximum Gasteiger partial charge on any atom is 0.309 e. The molecule has 0 spiro atoms. The Balaban J connectivity index is 2.46. The van der Waals surface area contributed by atoms with Crippen molar-refractivity contribution in [3.8, 4) is 0 Å². The average molecular weight is 175 g/mol. The van der Waals surface area contributed by atoms with Gasteiger partial charge in [-0.2, -0.15) is 0 Å². The molecular formula is C7H14NO2P. The summed E-state index contributed by atoms with van der Waals surface area (Å²) in [5.74, 6) is 0.00269. The first-order chi connectivity index (χ1) is 5.15. The van der Waals surface area contributed by atoms with Gasteiger partial charge in [-0.15, -0.1) is 0 Å². The van der Waals surface area contributed by atoms with Crippen molar-refractivity contribution in [2.24, 2.45) is 5.92 Å². The summed E-state index contributed by atoms with van der Waals surface area (Å²) in [6.07, 6.45) is 0.886. The summed E-state index contributed by atoms with van der Waals surface area (Å²) in [6, 6.07) is 0.230. The van der Waals surface area contributed by atoms with Gasteiger partial charge in [0, 0.05) is 6.04 Å². The number of cyclic esters (lactones) is 1. The molecule has 1 saturated heterocycles. The first-order valence-electron chi connectivity index (χ1n) is 3.81. The summed E-state index contributed by atoms with van der Waals surface area (Å²) in [6.45, 7) is 3.90. The van der Waals surface area contributed by atoms with Crippen LogP contribution in [0.1, 0.15) is 20.3 Å². The fraction of sp³-hybridized carbons (Fsp3) is 0.857. The lowest BCUT2D eigenvalue weighted by molar-refractivity contribution is -0.144. The number of ether oxygens (including phenoxy) is 1. The molecule has 0 radical (unpaired) electrons. The van der Waals surface area contributed by atoms with E-state index < -0.39 is 0 Å². The summed E-state index contributed by atoms with van der Waals surface area (Å²) >= 11 is 0. The van der Waals surface area contributed by atoms with Crippen LogP contribution >= 0.6 is 9.39 Å². The molecule has 0 aromatic heterocycles. The Hall–Kier alpha value is -0.140. The number of hydrogen-bond donors (Lipinski definition) is 1. The van der Waals surface area contributed by atoms with Crippen molar-refractivity contribution in [1.82, 2.24) is 5.09 Å². The van der Waals surface area contributed by atoms with Crippen molar-refractivity contribution in [3.63, 3.8) is 0 Å². The van der Waals surface area contributed by atoms with Crippen molar-refractivity contribution in [3.05, 3.63) is 0 Å². The minimum Gasteiger partial charge on any atom is -0.460 e. The van der Waals surface area contributed by atoms with Crippen LogP contribution in [0.3, 0.4) is 0 Å². The highest BCUT2D eigenvalue weighted by Gasteiger charge is 2.33. The van der Waals surface area contributed by atoms with E-state index in [1.54, 1.807) is 0 Å². The Labute approximate surface area is 69.1 Å².